The summed E-state index contributed by atoms with van der Waals surface area (Å²) in [7, 11) is 0. The van der Waals surface area contributed by atoms with Gasteiger partial charge in [0.25, 0.3) is 0 Å². The van der Waals surface area contributed by atoms with Gasteiger partial charge in [-0.25, -0.2) is 0 Å². The van der Waals surface area contributed by atoms with Gasteiger partial charge in [-0.1, -0.05) is 27.2 Å². The van der Waals surface area contributed by atoms with Crippen molar-refractivity contribution >= 4 is 11.8 Å². The molecule has 0 aromatic carbocycles. The minimum Gasteiger partial charge on any atom is -0.463 e. The molecule has 2 aliphatic heterocycles. The number of ether oxygens (including phenoxy) is 2. The fraction of sp³-hybridized carbons (Fsp3) is 0.900. The minimum atomic E-state index is -1.08. The number of carbonyl (C=O) groups is 2. The van der Waals surface area contributed by atoms with E-state index in [0.717, 1.165) is 19.3 Å². The van der Waals surface area contributed by atoms with Crippen LogP contribution in [0.25, 0.3) is 0 Å². The zero-order chi connectivity index (χ0) is 19.0. The first-order valence-electron chi connectivity index (χ1n) is 9.82. The molecule has 4 fully saturated rings. The number of esters is 1. The highest BCUT2D eigenvalue weighted by Gasteiger charge is 2.72. The van der Waals surface area contributed by atoms with Crippen molar-refractivity contribution in [2.45, 2.75) is 76.6 Å². The summed E-state index contributed by atoms with van der Waals surface area (Å²) in [5.74, 6) is -1.25. The van der Waals surface area contributed by atoms with E-state index in [1.54, 1.807) is 0 Å². The van der Waals surface area contributed by atoms with Gasteiger partial charge in [0, 0.05) is 23.9 Å². The topological polar surface area (TPSA) is 93.1 Å². The quantitative estimate of drug-likeness (QED) is 0.685. The van der Waals surface area contributed by atoms with Gasteiger partial charge >= 0.3 is 5.97 Å². The summed E-state index contributed by atoms with van der Waals surface area (Å²) < 4.78 is 11.9. The zero-order valence-corrected chi connectivity index (χ0v) is 15.9. The molecule has 2 heterocycles. The highest BCUT2D eigenvalue weighted by molar-refractivity contribution is 5.88. The van der Waals surface area contributed by atoms with Crippen LogP contribution in [-0.2, 0) is 19.1 Å². The third kappa shape index (κ3) is 2.09. The van der Waals surface area contributed by atoms with Crippen LogP contribution in [0, 0.1) is 22.7 Å². The molecule has 0 amide bonds. The van der Waals surface area contributed by atoms with Crippen molar-refractivity contribution in [1.82, 2.24) is 0 Å². The standard InChI is InChI=1S/C20H30O6/c1-12-14(23)15(24)16-17(2,10-21)5-4-6-18(16,3)20(12)8-7-19(26-20)9-13(22)25-11-19/h12,15-16,21,24H,4-11H2,1-3H3/t12-,15-,16+,17-,18+,19-,20-/m1/s1. The number of fused-ring (bicyclic) bond motifs is 2. The minimum absolute atomic E-state index is 0.0607. The molecule has 4 aliphatic rings. The average molecular weight is 366 g/mol. The first-order valence-corrected chi connectivity index (χ1v) is 9.82. The monoisotopic (exact) mass is 366 g/mol. The lowest BCUT2D eigenvalue weighted by atomic mass is 9.43. The number of hydrogen-bond donors (Lipinski definition) is 2. The molecule has 26 heavy (non-hydrogen) atoms. The molecule has 0 aromatic rings. The summed E-state index contributed by atoms with van der Waals surface area (Å²) in [5, 5.41) is 21.0. The first-order chi connectivity index (χ1) is 12.1. The largest absolute Gasteiger partial charge is 0.463 e. The smallest absolute Gasteiger partial charge is 0.308 e. The van der Waals surface area contributed by atoms with Crippen LogP contribution >= 0.6 is 0 Å². The summed E-state index contributed by atoms with van der Waals surface area (Å²) in [6, 6.07) is 0. The van der Waals surface area contributed by atoms with E-state index in [1.807, 2.05) is 13.8 Å². The number of rotatable bonds is 1. The summed E-state index contributed by atoms with van der Waals surface area (Å²) in [5.41, 5.74) is -2.33. The normalized spacial score (nSPS) is 54.0. The molecule has 6 nitrogen and oxygen atoms in total. The Morgan fingerprint density at radius 1 is 1.15 bits per heavy atom. The molecule has 146 valence electrons. The number of aliphatic hydroxyl groups excluding tert-OH is 2. The van der Waals surface area contributed by atoms with E-state index in [2.05, 4.69) is 6.92 Å². The Morgan fingerprint density at radius 2 is 1.88 bits per heavy atom. The van der Waals surface area contributed by atoms with Gasteiger partial charge in [0.1, 0.15) is 18.3 Å². The average Bonchev–Trinajstić information content (AvgIpc) is 3.16. The second-order valence-electron chi connectivity index (χ2n) is 9.64. The number of ketones is 1. The predicted octanol–water partition coefficient (Wildman–Crippen LogP) is 1.61. The second-order valence-corrected chi connectivity index (χ2v) is 9.64. The van der Waals surface area contributed by atoms with Gasteiger partial charge in [-0.3, -0.25) is 9.59 Å². The highest BCUT2D eigenvalue weighted by atomic mass is 16.6. The molecule has 2 spiro atoms. The number of cyclic esters (lactones) is 1. The van der Waals surface area contributed by atoms with Gasteiger partial charge in [0.05, 0.1) is 12.0 Å². The van der Waals surface area contributed by atoms with Crippen LogP contribution in [0.3, 0.4) is 0 Å². The van der Waals surface area contributed by atoms with Gasteiger partial charge in [-0.15, -0.1) is 0 Å². The molecule has 0 unspecified atom stereocenters. The summed E-state index contributed by atoms with van der Waals surface area (Å²) in [4.78, 5) is 24.8. The molecular weight excluding hydrogens is 336 g/mol. The van der Waals surface area contributed by atoms with Crippen LogP contribution < -0.4 is 0 Å². The molecule has 0 aromatic heterocycles. The fourth-order valence-electron chi connectivity index (χ4n) is 6.88. The predicted molar refractivity (Wildman–Crippen MR) is 92.2 cm³/mol. The Balaban J connectivity index is 1.81. The molecule has 2 aliphatic carbocycles. The van der Waals surface area contributed by atoms with Crippen LogP contribution in [0.4, 0.5) is 0 Å². The lowest BCUT2D eigenvalue weighted by Gasteiger charge is -2.64. The van der Waals surface area contributed by atoms with Crippen molar-refractivity contribution < 1.29 is 29.3 Å². The molecule has 2 N–H and O–H groups in total. The van der Waals surface area contributed by atoms with Crippen LogP contribution in [0.5, 0.6) is 0 Å². The van der Waals surface area contributed by atoms with Crippen LogP contribution in [-0.4, -0.2) is 52.5 Å². The molecule has 2 saturated heterocycles. The zero-order valence-electron chi connectivity index (χ0n) is 15.9. The molecule has 0 bridgehead atoms. The van der Waals surface area contributed by atoms with Gasteiger partial charge in [0.15, 0.2) is 5.78 Å². The van der Waals surface area contributed by atoms with Gasteiger partial charge < -0.3 is 19.7 Å². The maximum atomic E-state index is 13.0. The molecule has 0 radical (unpaired) electrons. The van der Waals surface area contributed by atoms with E-state index >= 15 is 0 Å². The third-order valence-corrected chi connectivity index (χ3v) is 8.26. The summed E-state index contributed by atoms with van der Waals surface area (Å²) in [6.45, 7) is 6.13. The third-order valence-electron chi connectivity index (χ3n) is 8.26. The van der Waals surface area contributed by atoms with Crippen LogP contribution in [0.2, 0.25) is 0 Å². The van der Waals surface area contributed by atoms with E-state index in [-0.39, 0.29) is 37.3 Å². The Labute approximate surface area is 154 Å². The highest BCUT2D eigenvalue weighted by Crippen LogP contribution is 2.67. The lowest BCUT2D eigenvalue weighted by molar-refractivity contribution is -0.262. The van der Waals surface area contributed by atoms with E-state index in [9.17, 15) is 19.8 Å². The fourth-order valence-corrected chi connectivity index (χ4v) is 6.88. The molecule has 2 saturated carbocycles. The Morgan fingerprint density at radius 3 is 2.50 bits per heavy atom. The molecule has 4 rings (SSSR count). The lowest BCUT2D eigenvalue weighted by Crippen LogP contribution is -2.70. The number of carbonyl (C=O) groups excluding carboxylic acids is 2. The Bertz CT molecular complexity index is 648. The SMILES string of the molecule is C[C@@H]1C(=O)[C@@H](O)[C@H]2[C@@](C)(CO)CCC[C@]2(C)[C@@]12CC[C@@]1(COC(=O)C1)O2. The molecular formula is C20H30O6. The second kappa shape index (κ2) is 5.52. The maximum Gasteiger partial charge on any atom is 0.308 e. The number of aliphatic hydroxyl groups is 2. The summed E-state index contributed by atoms with van der Waals surface area (Å²) in [6.07, 6.45) is 3.06. The van der Waals surface area contributed by atoms with Crippen molar-refractivity contribution in [3.63, 3.8) is 0 Å². The van der Waals surface area contributed by atoms with E-state index in [0.29, 0.717) is 12.8 Å². The van der Waals surface area contributed by atoms with Gasteiger partial charge in [-0.2, -0.15) is 0 Å². The van der Waals surface area contributed by atoms with Crippen molar-refractivity contribution in [3.8, 4) is 0 Å². The van der Waals surface area contributed by atoms with E-state index in [1.165, 1.54) is 0 Å². The van der Waals surface area contributed by atoms with Crippen LogP contribution in [0.1, 0.15) is 59.3 Å². The first kappa shape index (κ1) is 18.4. The number of Topliss-reactive ketones (excluding diaryl/α,β-unsaturated/α-hetero) is 1. The molecule has 7 atom stereocenters. The van der Waals surface area contributed by atoms with Gasteiger partial charge in [-0.05, 0) is 31.1 Å². The molecule has 6 heteroatoms. The van der Waals surface area contributed by atoms with Crippen molar-refractivity contribution in [2.24, 2.45) is 22.7 Å². The van der Waals surface area contributed by atoms with Crippen molar-refractivity contribution in [1.29, 1.82) is 0 Å². The van der Waals surface area contributed by atoms with Crippen molar-refractivity contribution in [3.05, 3.63) is 0 Å². The Kier molecular flexibility index (Phi) is 3.90. The maximum absolute atomic E-state index is 13.0. The van der Waals surface area contributed by atoms with Crippen LogP contribution in [0.15, 0.2) is 0 Å². The van der Waals surface area contributed by atoms with E-state index < -0.39 is 34.1 Å². The van der Waals surface area contributed by atoms with E-state index in [4.69, 9.17) is 9.47 Å². The van der Waals surface area contributed by atoms with Gasteiger partial charge in [0.2, 0.25) is 0 Å². The Hall–Kier alpha value is -0.980. The number of hydrogen-bond acceptors (Lipinski definition) is 6. The van der Waals surface area contributed by atoms with Crippen molar-refractivity contribution in [2.75, 3.05) is 13.2 Å². The summed E-state index contributed by atoms with van der Waals surface area (Å²) >= 11 is 0.